The first-order chi connectivity index (χ1) is 13.7. The normalized spacial score (nSPS) is 17.1. The fraction of sp³-hybridized carbons (Fsp3) is 0.409. The van der Waals surface area contributed by atoms with Gasteiger partial charge in [-0.1, -0.05) is 41.9 Å². The molecule has 1 saturated heterocycles. The number of piperidine rings is 1. The van der Waals surface area contributed by atoms with Gasteiger partial charge in [0, 0.05) is 23.7 Å². The van der Waals surface area contributed by atoms with Crippen molar-refractivity contribution in [2.75, 3.05) is 19.3 Å². The van der Waals surface area contributed by atoms with Gasteiger partial charge in [-0.05, 0) is 62.2 Å². The van der Waals surface area contributed by atoms with Gasteiger partial charge in [0.1, 0.15) is 0 Å². The van der Waals surface area contributed by atoms with E-state index < -0.39 is 9.84 Å². The van der Waals surface area contributed by atoms with Gasteiger partial charge in [0.2, 0.25) is 5.91 Å². The Balaban J connectivity index is 1.51. The molecule has 0 aliphatic carbocycles. The Kier molecular flexibility index (Phi) is 6.98. The molecule has 1 N–H and O–H groups in total. The van der Waals surface area contributed by atoms with Crippen LogP contribution in [-0.2, 0) is 21.2 Å². The summed E-state index contributed by atoms with van der Waals surface area (Å²) in [6.07, 6.45) is 2.82. The van der Waals surface area contributed by atoms with Crippen LogP contribution in [0.25, 0.3) is 0 Å². The van der Waals surface area contributed by atoms with E-state index >= 15 is 0 Å². The minimum atomic E-state index is -3.22. The highest BCUT2D eigenvalue weighted by atomic mass is 35.5. The zero-order valence-electron chi connectivity index (χ0n) is 16.8. The fourth-order valence-corrected chi connectivity index (χ4v) is 4.47. The van der Waals surface area contributed by atoms with E-state index in [0.717, 1.165) is 48.6 Å². The first-order valence-electron chi connectivity index (χ1n) is 9.80. The molecular formula is C22H27ClN2O3S. The molecule has 0 radical (unpaired) electrons. The number of benzene rings is 2. The highest BCUT2D eigenvalue weighted by molar-refractivity contribution is 7.90. The van der Waals surface area contributed by atoms with Crippen LogP contribution in [0.5, 0.6) is 0 Å². The molecular weight excluding hydrogens is 408 g/mol. The number of carbonyl (C=O) groups excluding carboxylic acids is 1. The van der Waals surface area contributed by atoms with Crippen LogP contribution in [0.2, 0.25) is 5.02 Å². The predicted octanol–water partition coefficient (Wildman–Crippen LogP) is 3.83. The van der Waals surface area contributed by atoms with E-state index in [1.165, 1.54) is 6.26 Å². The lowest BCUT2D eigenvalue weighted by Crippen LogP contribution is -2.40. The number of likely N-dealkylation sites (tertiary alicyclic amines) is 1. The molecule has 0 spiro atoms. The smallest absolute Gasteiger partial charge is 0.223 e. The van der Waals surface area contributed by atoms with Crippen molar-refractivity contribution < 1.29 is 13.2 Å². The topological polar surface area (TPSA) is 66.5 Å². The van der Waals surface area contributed by atoms with E-state index in [0.29, 0.717) is 0 Å². The van der Waals surface area contributed by atoms with Gasteiger partial charge < -0.3 is 5.32 Å². The van der Waals surface area contributed by atoms with E-state index in [1.54, 1.807) is 24.3 Å². The van der Waals surface area contributed by atoms with Crippen LogP contribution in [0, 0.1) is 5.92 Å². The number of halogens is 1. The van der Waals surface area contributed by atoms with Crippen molar-refractivity contribution in [1.29, 1.82) is 0 Å². The van der Waals surface area contributed by atoms with Crippen molar-refractivity contribution in [2.45, 2.75) is 37.2 Å². The minimum Gasteiger partial charge on any atom is -0.349 e. The lowest BCUT2D eigenvalue weighted by Gasteiger charge is -2.32. The molecule has 0 aromatic heterocycles. The number of nitrogens with zero attached hydrogens (tertiary/aromatic N) is 1. The van der Waals surface area contributed by atoms with Crippen LogP contribution < -0.4 is 5.32 Å². The van der Waals surface area contributed by atoms with E-state index in [1.807, 2.05) is 31.2 Å². The molecule has 2 aromatic rings. The van der Waals surface area contributed by atoms with Crippen LogP contribution >= 0.6 is 11.6 Å². The standard InChI is InChI=1S/C22H27ClN2O3S/c1-16(17-7-9-20(10-8-17)29(2,27)28)24-22(26)18-11-13-25(14-12-18)15-19-5-3-4-6-21(19)23/h3-10,16,18H,11-15H2,1-2H3,(H,24,26)/t16-/m1/s1. The van der Waals surface area contributed by atoms with Crippen molar-refractivity contribution >= 4 is 27.3 Å². The Morgan fingerprint density at radius 3 is 2.34 bits per heavy atom. The lowest BCUT2D eigenvalue weighted by atomic mass is 9.95. The van der Waals surface area contributed by atoms with Crippen LogP contribution in [0.4, 0.5) is 0 Å². The second kappa shape index (κ2) is 9.28. The van der Waals surface area contributed by atoms with Crippen LogP contribution in [0.3, 0.4) is 0 Å². The first kappa shape index (κ1) is 21.8. The molecule has 7 heteroatoms. The van der Waals surface area contributed by atoms with Crippen molar-refractivity contribution in [3.05, 3.63) is 64.7 Å². The summed E-state index contributed by atoms with van der Waals surface area (Å²) in [5, 5.41) is 3.85. The second-order valence-corrected chi connectivity index (χ2v) is 10.1. The third-order valence-electron chi connectivity index (χ3n) is 5.48. The predicted molar refractivity (Wildman–Crippen MR) is 116 cm³/mol. The summed E-state index contributed by atoms with van der Waals surface area (Å²) in [5.74, 6) is 0.0531. The maximum Gasteiger partial charge on any atom is 0.223 e. The van der Waals surface area contributed by atoms with E-state index in [-0.39, 0.29) is 22.8 Å². The summed E-state index contributed by atoms with van der Waals surface area (Å²) in [6, 6.07) is 14.4. The van der Waals surface area contributed by atoms with Crippen molar-refractivity contribution in [1.82, 2.24) is 10.2 Å². The number of amides is 1. The molecule has 0 bridgehead atoms. The average Bonchev–Trinajstić information content (AvgIpc) is 2.69. The molecule has 1 fully saturated rings. The maximum absolute atomic E-state index is 12.7. The van der Waals surface area contributed by atoms with Crippen molar-refractivity contribution in [3.63, 3.8) is 0 Å². The van der Waals surface area contributed by atoms with Gasteiger partial charge in [0.25, 0.3) is 0 Å². The third-order valence-corrected chi connectivity index (χ3v) is 6.97. The Labute approximate surface area is 178 Å². The zero-order valence-corrected chi connectivity index (χ0v) is 18.3. The largest absolute Gasteiger partial charge is 0.349 e. The number of sulfone groups is 1. The highest BCUT2D eigenvalue weighted by Gasteiger charge is 2.26. The number of hydrogen-bond acceptors (Lipinski definition) is 4. The average molecular weight is 435 g/mol. The summed E-state index contributed by atoms with van der Waals surface area (Å²) in [4.78, 5) is 15.3. The monoisotopic (exact) mass is 434 g/mol. The van der Waals surface area contributed by atoms with Gasteiger partial charge >= 0.3 is 0 Å². The molecule has 1 amide bonds. The maximum atomic E-state index is 12.7. The first-order valence-corrected chi connectivity index (χ1v) is 12.1. The summed E-state index contributed by atoms with van der Waals surface area (Å²) >= 11 is 6.25. The number of nitrogens with one attached hydrogen (secondary N) is 1. The van der Waals surface area contributed by atoms with Gasteiger partial charge in [-0.25, -0.2) is 8.42 Å². The Morgan fingerprint density at radius 2 is 1.76 bits per heavy atom. The molecule has 156 valence electrons. The molecule has 1 heterocycles. The zero-order chi connectivity index (χ0) is 21.0. The SMILES string of the molecule is C[C@@H](NC(=O)C1CCN(Cc2ccccc2Cl)CC1)c1ccc(S(C)(=O)=O)cc1. The summed E-state index contributed by atoms with van der Waals surface area (Å²) in [7, 11) is -3.22. The number of hydrogen-bond donors (Lipinski definition) is 1. The van der Waals surface area contributed by atoms with E-state index in [2.05, 4.69) is 10.2 Å². The molecule has 0 unspecified atom stereocenters. The van der Waals surface area contributed by atoms with Crippen LogP contribution in [0.15, 0.2) is 53.4 Å². The van der Waals surface area contributed by atoms with Gasteiger partial charge in [-0.15, -0.1) is 0 Å². The van der Waals surface area contributed by atoms with E-state index in [9.17, 15) is 13.2 Å². The second-order valence-electron chi connectivity index (χ2n) is 7.71. The van der Waals surface area contributed by atoms with Crippen LogP contribution in [-0.4, -0.2) is 38.6 Å². The molecule has 1 aliphatic rings. The highest BCUT2D eigenvalue weighted by Crippen LogP contribution is 2.23. The number of rotatable bonds is 6. The molecule has 0 saturated carbocycles. The molecule has 5 nitrogen and oxygen atoms in total. The van der Waals surface area contributed by atoms with Gasteiger partial charge in [0.15, 0.2) is 9.84 Å². The molecule has 1 atom stereocenters. The minimum absolute atomic E-state index is 0.00441. The molecule has 1 aliphatic heterocycles. The molecule has 2 aromatic carbocycles. The van der Waals surface area contributed by atoms with Crippen molar-refractivity contribution in [3.8, 4) is 0 Å². The van der Waals surface area contributed by atoms with Gasteiger partial charge in [-0.2, -0.15) is 0 Å². The van der Waals surface area contributed by atoms with Gasteiger partial charge in [-0.3, -0.25) is 9.69 Å². The number of carbonyl (C=O) groups is 1. The third kappa shape index (κ3) is 5.81. The summed E-state index contributed by atoms with van der Waals surface area (Å²) < 4.78 is 23.2. The Bertz CT molecular complexity index is 952. The lowest BCUT2D eigenvalue weighted by molar-refractivity contribution is -0.127. The molecule has 3 rings (SSSR count). The quantitative estimate of drug-likeness (QED) is 0.750. The Hall–Kier alpha value is -1.89. The summed E-state index contributed by atoms with van der Waals surface area (Å²) in [6.45, 7) is 4.44. The van der Waals surface area contributed by atoms with E-state index in [4.69, 9.17) is 11.6 Å². The molecule has 29 heavy (non-hydrogen) atoms. The van der Waals surface area contributed by atoms with Gasteiger partial charge in [0.05, 0.1) is 10.9 Å². The Morgan fingerprint density at radius 1 is 1.14 bits per heavy atom. The fourth-order valence-electron chi connectivity index (χ4n) is 3.64. The van der Waals surface area contributed by atoms with Crippen molar-refractivity contribution in [2.24, 2.45) is 5.92 Å². The van der Waals surface area contributed by atoms with Crippen LogP contribution in [0.1, 0.15) is 36.9 Å². The summed E-state index contributed by atoms with van der Waals surface area (Å²) in [5.41, 5.74) is 2.00.